The minimum absolute atomic E-state index is 0.0693. The number of aryl methyl sites for hydroxylation is 2. The van der Waals surface area contributed by atoms with Gasteiger partial charge in [0.25, 0.3) is 5.91 Å². The molecule has 3 aromatic carbocycles. The number of nitrogens with zero attached hydrogens (tertiary/aromatic N) is 2. The predicted octanol–water partition coefficient (Wildman–Crippen LogP) is 4.84. The number of benzene rings is 3. The minimum atomic E-state index is 0.0693. The van der Waals surface area contributed by atoms with E-state index in [1.165, 1.54) is 16.8 Å². The van der Waals surface area contributed by atoms with Crippen molar-refractivity contribution in [3.63, 3.8) is 0 Å². The summed E-state index contributed by atoms with van der Waals surface area (Å²) >= 11 is 0. The Balaban J connectivity index is 1.36. The van der Waals surface area contributed by atoms with Gasteiger partial charge in [-0.25, -0.2) is 0 Å². The Kier molecular flexibility index (Phi) is 6.03. The molecule has 0 unspecified atom stereocenters. The molecule has 1 saturated heterocycles. The van der Waals surface area contributed by atoms with E-state index in [1.807, 2.05) is 35.2 Å². The molecule has 1 aliphatic heterocycles. The molecule has 4 heteroatoms. The lowest BCUT2D eigenvalue weighted by Crippen LogP contribution is -2.48. The van der Waals surface area contributed by atoms with Gasteiger partial charge in [0.2, 0.25) is 0 Å². The lowest BCUT2D eigenvalue weighted by molar-refractivity contribution is 0.0746. The molecular weight excluding hydrogens is 372 g/mol. The highest BCUT2D eigenvalue weighted by atomic mass is 16.5. The molecule has 4 rings (SSSR count). The summed E-state index contributed by atoms with van der Waals surface area (Å²) in [5.41, 5.74) is 5.51. The lowest BCUT2D eigenvalue weighted by atomic mass is 10.1. The van der Waals surface area contributed by atoms with Crippen LogP contribution in [0.5, 0.6) is 5.75 Å². The summed E-state index contributed by atoms with van der Waals surface area (Å²) in [7, 11) is 0. The van der Waals surface area contributed by atoms with E-state index in [4.69, 9.17) is 4.74 Å². The molecule has 0 bridgehead atoms. The van der Waals surface area contributed by atoms with Gasteiger partial charge in [0.1, 0.15) is 12.4 Å². The van der Waals surface area contributed by atoms with Crippen LogP contribution in [0.15, 0.2) is 72.8 Å². The lowest BCUT2D eigenvalue weighted by Gasteiger charge is -2.36. The maximum absolute atomic E-state index is 13.0. The van der Waals surface area contributed by atoms with Gasteiger partial charge in [-0.05, 0) is 55.3 Å². The summed E-state index contributed by atoms with van der Waals surface area (Å²) in [6.45, 7) is 7.81. The van der Waals surface area contributed by atoms with Crippen LogP contribution in [0.3, 0.4) is 0 Å². The molecule has 0 spiro atoms. The van der Waals surface area contributed by atoms with Crippen LogP contribution in [0.2, 0.25) is 0 Å². The van der Waals surface area contributed by atoms with Crippen LogP contribution in [-0.4, -0.2) is 37.0 Å². The van der Waals surface area contributed by atoms with Gasteiger partial charge in [-0.1, -0.05) is 48.0 Å². The first kappa shape index (κ1) is 20.0. The van der Waals surface area contributed by atoms with Crippen molar-refractivity contribution in [1.29, 1.82) is 0 Å². The summed E-state index contributed by atoms with van der Waals surface area (Å²) in [5, 5.41) is 0. The van der Waals surface area contributed by atoms with Crippen LogP contribution in [0.25, 0.3) is 0 Å². The normalized spacial score (nSPS) is 13.9. The minimum Gasteiger partial charge on any atom is -0.489 e. The Morgan fingerprint density at radius 3 is 2.27 bits per heavy atom. The van der Waals surface area contributed by atoms with Crippen LogP contribution >= 0.6 is 0 Å². The Labute approximate surface area is 178 Å². The Hall–Kier alpha value is -3.27. The second kappa shape index (κ2) is 9.04. The third kappa shape index (κ3) is 4.82. The molecule has 0 aliphatic carbocycles. The maximum atomic E-state index is 13.0. The maximum Gasteiger partial charge on any atom is 0.254 e. The number of rotatable bonds is 5. The van der Waals surface area contributed by atoms with Crippen molar-refractivity contribution in [3.05, 3.63) is 95.1 Å². The largest absolute Gasteiger partial charge is 0.489 e. The van der Waals surface area contributed by atoms with Gasteiger partial charge in [-0.15, -0.1) is 0 Å². The first-order valence-corrected chi connectivity index (χ1v) is 10.5. The summed E-state index contributed by atoms with van der Waals surface area (Å²) < 4.78 is 5.93. The first-order valence-electron chi connectivity index (χ1n) is 10.5. The molecule has 3 aromatic rings. The zero-order valence-electron chi connectivity index (χ0n) is 17.7. The molecule has 154 valence electrons. The molecule has 0 atom stereocenters. The highest BCUT2D eigenvalue weighted by molar-refractivity contribution is 5.94. The monoisotopic (exact) mass is 400 g/mol. The fourth-order valence-electron chi connectivity index (χ4n) is 3.86. The third-order valence-corrected chi connectivity index (χ3v) is 5.50. The van der Waals surface area contributed by atoms with Crippen molar-refractivity contribution in [1.82, 2.24) is 4.90 Å². The molecule has 1 amide bonds. The third-order valence-electron chi connectivity index (χ3n) is 5.50. The second-order valence-electron chi connectivity index (χ2n) is 7.92. The van der Waals surface area contributed by atoms with Gasteiger partial charge in [0, 0.05) is 37.4 Å². The molecule has 1 heterocycles. The molecule has 4 nitrogen and oxygen atoms in total. The van der Waals surface area contributed by atoms with Gasteiger partial charge < -0.3 is 14.5 Å². The molecule has 30 heavy (non-hydrogen) atoms. The number of ether oxygens (including phenoxy) is 1. The van der Waals surface area contributed by atoms with Crippen LogP contribution in [0, 0.1) is 13.8 Å². The highest BCUT2D eigenvalue weighted by Crippen LogP contribution is 2.20. The molecule has 0 radical (unpaired) electrons. The quantitative estimate of drug-likeness (QED) is 0.614. The van der Waals surface area contributed by atoms with E-state index in [-0.39, 0.29) is 5.91 Å². The fraction of sp³-hybridized carbons (Fsp3) is 0.269. The number of carbonyl (C=O) groups excluding carboxylic acids is 1. The Morgan fingerprint density at radius 2 is 1.53 bits per heavy atom. The predicted molar refractivity (Wildman–Crippen MR) is 121 cm³/mol. The van der Waals surface area contributed by atoms with Gasteiger partial charge in [-0.3, -0.25) is 4.79 Å². The molecule has 0 saturated carbocycles. The van der Waals surface area contributed by atoms with E-state index in [2.05, 4.69) is 61.2 Å². The summed E-state index contributed by atoms with van der Waals surface area (Å²) in [6, 6.07) is 24.3. The zero-order chi connectivity index (χ0) is 20.9. The molecule has 0 aromatic heterocycles. The average Bonchev–Trinajstić information content (AvgIpc) is 2.78. The standard InChI is InChI=1S/C26H28N2O2/c1-20-6-3-8-22(16-20)19-30-25-11-5-9-23(18-25)26(29)28-14-12-27(13-15-28)24-10-4-7-21(2)17-24/h3-11,16-18H,12-15,19H2,1-2H3. The van der Waals surface area contributed by atoms with Gasteiger partial charge in [0.15, 0.2) is 0 Å². The molecular formula is C26H28N2O2. The van der Waals surface area contributed by atoms with Crippen LogP contribution in [0.4, 0.5) is 5.69 Å². The van der Waals surface area contributed by atoms with Crippen LogP contribution in [0.1, 0.15) is 27.0 Å². The Morgan fingerprint density at radius 1 is 0.833 bits per heavy atom. The van der Waals surface area contributed by atoms with Crippen molar-refractivity contribution in [3.8, 4) is 5.75 Å². The highest BCUT2D eigenvalue weighted by Gasteiger charge is 2.22. The van der Waals surface area contributed by atoms with Crippen molar-refractivity contribution in [2.75, 3.05) is 31.1 Å². The molecule has 1 fully saturated rings. The summed E-state index contributed by atoms with van der Waals surface area (Å²) in [4.78, 5) is 17.3. The van der Waals surface area contributed by atoms with E-state index >= 15 is 0 Å². The molecule has 0 N–H and O–H groups in total. The van der Waals surface area contributed by atoms with Crippen LogP contribution in [-0.2, 0) is 6.61 Å². The van der Waals surface area contributed by atoms with E-state index in [0.717, 1.165) is 37.5 Å². The number of hydrogen-bond donors (Lipinski definition) is 0. The Bertz CT molecular complexity index is 1020. The number of piperazine rings is 1. The summed E-state index contributed by atoms with van der Waals surface area (Å²) in [5.74, 6) is 0.792. The van der Waals surface area contributed by atoms with Crippen molar-refractivity contribution in [2.24, 2.45) is 0 Å². The summed E-state index contributed by atoms with van der Waals surface area (Å²) in [6.07, 6.45) is 0. The van der Waals surface area contributed by atoms with Crippen LogP contribution < -0.4 is 9.64 Å². The van der Waals surface area contributed by atoms with Crippen molar-refractivity contribution < 1.29 is 9.53 Å². The number of amides is 1. The smallest absolute Gasteiger partial charge is 0.254 e. The van der Waals surface area contributed by atoms with Gasteiger partial charge in [0.05, 0.1) is 0 Å². The number of anilines is 1. The van der Waals surface area contributed by atoms with Gasteiger partial charge in [-0.2, -0.15) is 0 Å². The fourth-order valence-corrected chi connectivity index (χ4v) is 3.86. The number of hydrogen-bond acceptors (Lipinski definition) is 3. The van der Waals surface area contributed by atoms with E-state index < -0.39 is 0 Å². The van der Waals surface area contributed by atoms with E-state index in [1.54, 1.807) is 0 Å². The zero-order valence-corrected chi connectivity index (χ0v) is 17.7. The second-order valence-corrected chi connectivity index (χ2v) is 7.92. The van der Waals surface area contributed by atoms with E-state index in [0.29, 0.717) is 12.2 Å². The van der Waals surface area contributed by atoms with Crippen molar-refractivity contribution >= 4 is 11.6 Å². The SMILES string of the molecule is Cc1cccc(COc2cccc(C(=O)N3CCN(c4cccc(C)c4)CC3)c2)c1. The van der Waals surface area contributed by atoms with E-state index in [9.17, 15) is 4.79 Å². The number of carbonyl (C=O) groups is 1. The topological polar surface area (TPSA) is 32.8 Å². The molecule has 1 aliphatic rings. The van der Waals surface area contributed by atoms with Gasteiger partial charge >= 0.3 is 0 Å². The average molecular weight is 401 g/mol. The first-order chi connectivity index (χ1) is 14.6. The van der Waals surface area contributed by atoms with Crippen molar-refractivity contribution in [2.45, 2.75) is 20.5 Å².